The molecule has 0 atom stereocenters. The van der Waals surface area contributed by atoms with Crippen molar-refractivity contribution in [3.63, 3.8) is 0 Å². The van der Waals surface area contributed by atoms with Crippen LogP contribution in [-0.2, 0) is 4.74 Å². The van der Waals surface area contributed by atoms with Crippen LogP contribution in [0.2, 0.25) is 0 Å². The number of aromatic nitrogens is 2. The maximum absolute atomic E-state index is 13.9. The van der Waals surface area contributed by atoms with Crippen LogP contribution in [0.4, 0.5) is 36.3 Å². The van der Waals surface area contributed by atoms with Crippen molar-refractivity contribution in [1.82, 2.24) is 9.97 Å². The van der Waals surface area contributed by atoms with Gasteiger partial charge in [0, 0.05) is 11.8 Å². The van der Waals surface area contributed by atoms with Crippen molar-refractivity contribution in [2.45, 2.75) is 6.92 Å². The van der Waals surface area contributed by atoms with Crippen LogP contribution in [0.25, 0.3) is 0 Å². The molecular weight excluding hydrogens is 373 g/mol. The minimum Gasteiger partial charge on any atom is -0.465 e. The molecular formula is C19H15F3N4O2. The lowest BCUT2D eigenvalue weighted by Crippen LogP contribution is -2.08. The van der Waals surface area contributed by atoms with E-state index in [-0.39, 0.29) is 23.0 Å². The van der Waals surface area contributed by atoms with E-state index in [1.54, 1.807) is 31.2 Å². The Morgan fingerprint density at radius 1 is 0.964 bits per heavy atom. The summed E-state index contributed by atoms with van der Waals surface area (Å²) in [5, 5.41) is 5.49. The number of nitrogens with one attached hydrogen (secondary N) is 2. The number of carbonyl (C=O) groups is 1. The van der Waals surface area contributed by atoms with Crippen molar-refractivity contribution in [3.05, 3.63) is 71.2 Å². The molecule has 3 aromatic rings. The van der Waals surface area contributed by atoms with Crippen molar-refractivity contribution in [2.75, 3.05) is 17.7 Å². The van der Waals surface area contributed by atoms with Crippen LogP contribution >= 0.6 is 0 Å². The summed E-state index contributed by atoms with van der Waals surface area (Å²) in [6, 6.07) is 9.96. The molecule has 1 aromatic heterocycles. The maximum Gasteiger partial charge on any atom is 0.339 e. The van der Waals surface area contributed by atoms with E-state index in [1.807, 2.05) is 0 Å². The number of hydrogen-bond donors (Lipinski definition) is 2. The summed E-state index contributed by atoms with van der Waals surface area (Å²) in [5.41, 5.74) is 0.914. The maximum atomic E-state index is 13.9. The van der Waals surface area contributed by atoms with Gasteiger partial charge in [-0.15, -0.1) is 0 Å². The summed E-state index contributed by atoms with van der Waals surface area (Å²) >= 11 is 0. The quantitative estimate of drug-likeness (QED) is 0.496. The van der Waals surface area contributed by atoms with E-state index in [4.69, 9.17) is 4.74 Å². The minimum absolute atomic E-state index is 0.113. The van der Waals surface area contributed by atoms with Crippen LogP contribution in [0.5, 0.6) is 0 Å². The molecule has 0 aliphatic heterocycles. The van der Waals surface area contributed by atoms with Gasteiger partial charge in [-0.1, -0.05) is 12.1 Å². The fourth-order valence-electron chi connectivity index (χ4n) is 2.45. The van der Waals surface area contributed by atoms with Crippen molar-refractivity contribution < 1.29 is 22.7 Å². The summed E-state index contributed by atoms with van der Waals surface area (Å²) in [5.74, 6) is -4.51. The smallest absolute Gasteiger partial charge is 0.339 e. The summed E-state index contributed by atoms with van der Waals surface area (Å²) in [7, 11) is 1.26. The fraction of sp³-hybridized carbons (Fsp3) is 0.105. The first-order chi connectivity index (χ1) is 13.4. The normalized spacial score (nSPS) is 10.5. The molecule has 0 aliphatic rings. The molecule has 0 radical (unpaired) electrons. The molecule has 0 amide bonds. The molecule has 0 aliphatic carbocycles. The van der Waals surface area contributed by atoms with E-state index in [9.17, 15) is 18.0 Å². The van der Waals surface area contributed by atoms with Crippen LogP contribution in [0.3, 0.4) is 0 Å². The minimum atomic E-state index is -1.58. The first kappa shape index (κ1) is 19.2. The van der Waals surface area contributed by atoms with Crippen molar-refractivity contribution >= 4 is 29.1 Å². The second kappa shape index (κ2) is 7.95. The van der Waals surface area contributed by atoms with Crippen molar-refractivity contribution in [2.24, 2.45) is 0 Å². The highest BCUT2D eigenvalue weighted by Crippen LogP contribution is 2.25. The van der Waals surface area contributed by atoms with Gasteiger partial charge < -0.3 is 15.4 Å². The average molecular weight is 388 g/mol. The lowest BCUT2D eigenvalue weighted by molar-refractivity contribution is 0.0602. The molecule has 3 rings (SSSR count). The molecule has 2 N–H and O–H groups in total. The molecule has 28 heavy (non-hydrogen) atoms. The summed E-state index contributed by atoms with van der Waals surface area (Å²) < 4.78 is 45.1. The van der Waals surface area contributed by atoms with E-state index >= 15 is 0 Å². The van der Waals surface area contributed by atoms with Gasteiger partial charge in [-0.3, -0.25) is 0 Å². The van der Waals surface area contributed by atoms with E-state index in [1.165, 1.54) is 13.2 Å². The van der Waals surface area contributed by atoms with Crippen LogP contribution in [0.1, 0.15) is 16.1 Å². The lowest BCUT2D eigenvalue weighted by atomic mass is 10.2. The molecule has 0 fully saturated rings. The number of para-hydroxylation sites is 1. The van der Waals surface area contributed by atoms with E-state index in [0.717, 1.165) is 12.1 Å². The zero-order valence-electron chi connectivity index (χ0n) is 14.9. The van der Waals surface area contributed by atoms with Crippen molar-refractivity contribution in [3.8, 4) is 0 Å². The van der Waals surface area contributed by atoms with Gasteiger partial charge in [0.15, 0.2) is 17.5 Å². The third-order valence-corrected chi connectivity index (χ3v) is 3.73. The largest absolute Gasteiger partial charge is 0.465 e. The number of halogens is 3. The highest BCUT2D eigenvalue weighted by Gasteiger charge is 2.15. The number of nitrogens with zero attached hydrogens (tertiary/aromatic N) is 2. The van der Waals surface area contributed by atoms with Gasteiger partial charge in [0.1, 0.15) is 5.82 Å². The Hall–Kier alpha value is -3.62. The number of benzene rings is 2. The third kappa shape index (κ3) is 4.03. The monoisotopic (exact) mass is 388 g/mol. The number of carbonyl (C=O) groups excluding carboxylic acids is 1. The number of anilines is 4. The van der Waals surface area contributed by atoms with Crippen LogP contribution in [-0.4, -0.2) is 23.0 Å². The predicted octanol–water partition coefficient (Wildman–Crippen LogP) is 4.48. The number of ether oxygens (including phenoxy) is 1. The third-order valence-electron chi connectivity index (χ3n) is 3.73. The van der Waals surface area contributed by atoms with Gasteiger partial charge in [-0.2, -0.15) is 4.98 Å². The molecule has 1 heterocycles. The highest BCUT2D eigenvalue weighted by atomic mass is 19.2. The molecule has 2 aromatic carbocycles. The van der Waals surface area contributed by atoms with Crippen LogP contribution in [0, 0.1) is 24.4 Å². The Bertz CT molecular complexity index is 1040. The number of rotatable bonds is 5. The summed E-state index contributed by atoms with van der Waals surface area (Å²) in [6.45, 7) is 1.67. The molecule has 0 saturated carbocycles. The Morgan fingerprint density at radius 3 is 2.46 bits per heavy atom. The SMILES string of the molecule is COC(=O)c1ccccc1Nc1nc(C)cc(Nc2ccc(F)c(F)c2F)n1. The molecule has 0 bridgehead atoms. The van der Waals surface area contributed by atoms with Gasteiger partial charge in [-0.05, 0) is 31.2 Å². The van der Waals surface area contributed by atoms with E-state index in [0.29, 0.717) is 11.4 Å². The Morgan fingerprint density at radius 2 is 1.71 bits per heavy atom. The molecule has 0 saturated heterocycles. The van der Waals surface area contributed by atoms with Gasteiger partial charge in [-0.25, -0.2) is 22.9 Å². The van der Waals surface area contributed by atoms with Gasteiger partial charge in [0.05, 0.1) is 24.0 Å². The van der Waals surface area contributed by atoms with E-state index in [2.05, 4.69) is 20.6 Å². The second-order valence-electron chi connectivity index (χ2n) is 5.73. The standard InChI is InChI=1S/C19H15F3N4O2/c1-10-9-15(24-14-8-7-12(20)16(21)17(14)22)26-19(23-10)25-13-6-4-3-5-11(13)18(27)28-2/h3-9H,1-2H3,(H2,23,24,25,26). The topological polar surface area (TPSA) is 76.1 Å². The van der Waals surface area contributed by atoms with Crippen molar-refractivity contribution in [1.29, 1.82) is 0 Å². The Kier molecular flexibility index (Phi) is 5.44. The lowest BCUT2D eigenvalue weighted by Gasteiger charge is -2.12. The van der Waals surface area contributed by atoms with E-state index < -0.39 is 23.4 Å². The fourth-order valence-corrected chi connectivity index (χ4v) is 2.45. The zero-order chi connectivity index (χ0) is 20.3. The first-order valence-corrected chi connectivity index (χ1v) is 8.09. The number of esters is 1. The summed E-state index contributed by atoms with van der Waals surface area (Å²) in [6.07, 6.45) is 0. The predicted molar refractivity (Wildman–Crippen MR) is 97.4 cm³/mol. The van der Waals surface area contributed by atoms with Gasteiger partial charge in [0.25, 0.3) is 0 Å². The number of methoxy groups -OCH3 is 1. The zero-order valence-corrected chi connectivity index (χ0v) is 14.9. The second-order valence-corrected chi connectivity index (χ2v) is 5.73. The van der Waals surface area contributed by atoms with Crippen LogP contribution in [0.15, 0.2) is 42.5 Å². The molecule has 9 heteroatoms. The number of aryl methyl sites for hydroxylation is 1. The average Bonchev–Trinajstić information content (AvgIpc) is 2.68. The first-order valence-electron chi connectivity index (χ1n) is 8.09. The van der Waals surface area contributed by atoms with Crippen LogP contribution < -0.4 is 10.6 Å². The Balaban J connectivity index is 1.91. The molecule has 144 valence electrons. The molecule has 0 unspecified atom stereocenters. The van der Waals surface area contributed by atoms with Gasteiger partial charge >= 0.3 is 5.97 Å². The summed E-state index contributed by atoms with van der Waals surface area (Å²) in [4.78, 5) is 20.3. The highest BCUT2D eigenvalue weighted by molar-refractivity contribution is 5.96. The molecule has 6 nitrogen and oxygen atoms in total. The Labute approximate surface area is 158 Å². The molecule has 0 spiro atoms. The number of hydrogen-bond acceptors (Lipinski definition) is 6. The van der Waals surface area contributed by atoms with Gasteiger partial charge in [0.2, 0.25) is 5.95 Å².